The molecule has 0 aliphatic rings. The first kappa shape index (κ1) is 18.5. The van der Waals surface area contributed by atoms with Crippen LogP contribution in [0.1, 0.15) is 35.7 Å². The second-order valence-corrected chi connectivity index (χ2v) is 5.96. The van der Waals surface area contributed by atoms with E-state index in [2.05, 4.69) is 22.9 Å². The molecule has 0 saturated carbocycles. The molecule has 0 saturated heterocycles. The van der Waals surface area contributed by atoms with Gasteiger partial charge in [-0.3, -0.25) is 9.59 Å². The third-order valence-corrected chi connectivity index (χ3v) is 3.72. The summed E-state index contributed by atoms with van der Waals surface area (Å²) in [4.78, 5) is 23.9. The van der Waals surface area contributed by atoms with Gasteiger partial charge in [-0.2, -0.15) is 0 Å². The quantitative estimate of drug-likeness (QED) is 0.644. The van der Waals surface area contributed by atoms with Crippen LogP contribution in [0.3, 0.4) is 0 Å². The number of rotatable bonds is 8. The predicted octanol–water partition coefficient (Wildman–Crippen LogP) is 3.58. The van der Waals surface area contributed by atoms with Crippen LogP contribution in [0.4, 0.5) is 11.4 Å². The molecule has 2 aromatic rings. The average molecular weight is 339 g/mol. The molecule has 0 radical (unpaired) electrons. The van der Waals surface area contributed by atoms with E-state index in [4.69, 9.17) is 0 Å². The van der Waals surface area contributed by atoms with Gasteiger partial charge in [-0.15, -0.1) is 0 Å². The molecule has 0 unspecified atom stereocenters. The van der Waals surface area contributed by atoms with Gasteiger partial charge in [-0.05, 0) is 55.3 Å². The van der Waals surface area contributed by atoms with Gasteiger partial charge in [0.1, 0.15) is 0 Å². The molecule has 0 aromatic heterocycles. The van der Waals surface area contributed by atoms with Crippen LogP contribution in [0, 0.1) is 6.92 Å². The Morgan fingerprint density at radius 3 is 2.44 bits per heavy atom. The van der Waals surface area contributed by atoms with Crippen LogP contribution >= 0.6 is 0 Å². The lowest BCUT2D eigenvalue weighted by molar-refractivity contribution is -0.114. The smallest absolute Gasteiger partial charge is 0.251 e. The van der Waals surface area contributed by atoms with Gasteiger partial charge in [-0.1, -0.05) is 25.5 Å². The summed E-state index contributed by atoms with van der Waals surface area (Å²) in [5, 5.41) is 8.78. The normalized spacial score (nSPS) is 10.2. The van der Waals surface area contributed by atoms with Crippen molar-refractivity contribution >= 4 is 23.2 Å². The van der Waals surface area contributed by atoms with Crippen LogP contribution in [0.15, 0.2) is 48.5 Å². The zero-order chi connectivity index (χ0) is 18.1. The van der Waals surface area contributed by atoms with Crippen molar-refractivity contribution in [2.75, 3.05) is 23.7 Å². The first-order valence-electron chi connectivity index (χ1n) is 8.57. The Labute approximate surface area is 148 Å². The number of amides is 2. The van der Waals surface area contributed by atoms with Crippen LogP contribution in [0.2, 0.25) is 0 Å². The number of hydrogen-bond acceptors (Lipinski definition) is 3. The van der Waals surface area contributed by atoms with Crippen LogP contribution in [0.25, 0.3) is 0 Å². The van der Waals surface area contributed by atoms with Crippen LogP contribution in [0.5, 0.6) is 0 Å². The molecule has 0 heterocycles. The molecule has 5 nitrogen and oxygen atoms in total. The van der Waals surface area contributed by atoms with E-state index >= 15 is 0 Å². The maximum atomic E-state index is 12.0. The van der Waals surface area contributed by atoms with Crippen molar-refractivity contribution < 1.29 is 9.59 Å². The third-order valence-electron chi connectivity index (χ3n) is 3.72. The zero-order valence-electron chi connectivity index (χ0n) is 14.8. The molecule has 0 bridgehead atoms. The van der Waals surface area contributed by atoms with E-state index in [1.54, 1.807) is 24.3 Å². The minimum atomic E-state index is -0.119. The molecule has 2 aromatic carbocycles. The fourth-order valence-corrected chi connectivity index (χ4v) is 2.33. The summed E-state index contributed by atoms with van der Waals surface area (Å²) >= 11 is 0. The van der Waals surface area contributed by atoms with Crippen molar-refractivity contribution in [1.82, 2.24) is 5.32 Å². The van der Waals surface area contributed by atoms with Gasteiger partial charge in [0.2, 0.25) is 5.91 Å². The van der Waals surface area contributed by atoms with Crippen molar-refractivity contribution in [1.29, 1.82) is 0 Å². The summed E-state index contributed by atoms with van der Waals surface area (Å²) in [5.41, 5.74) is 3.29. The number of benzene rings is 2. The van der Waals surface area contributed by atoms with Gasteiger partial charge in [0.05, 0.1) is 6.54 Å². The summed E-state index contributed by atoms with van der Waals surface area (Å²) in [5.74, 6) is -0.191. The Balaban J connectivity index is 1.80. The van der Waals surface area contributed by atoms with E-state index in [-0.39, 0.29) is 18.4 Å². The Morgan fingerprint density at radius 1 is 1.00 bits per heavy atom. The van der Waals surface area contributed by atoms with Crippen molar-refractivity contribution in [3.8, 4) is 0 Å². The minimum absolute atomic E-state index is 0.0720. The molecule has 3 N–H and O–H groups in total. The van der Waals surface area contributed by atoms with E-state index < -0.39 is 0 Å². The van der Waals surface area contributed by atoms with E-state index in [1.807, 2.05) is 31.2 Å². The number of unbranched alkanes of at least 4 members (excludes halogenated alkanes) is 1. The summed E-state index contributed by atoms with van der Waals surface area (Å²) in [6.45, 7) is 4.92. The zero-order valence-corrected chi connectivity index (χ0v) is 14.8. The van der Waals surface area contributed by atoms with Crippen molar-refractivity contribution in [3.63, 3.8) is 0 Å². The van der Waals surface area contributed by atoms with Crippen LogP contribution in [-0.2, 0) is 4.79 Å². The monoisotopic (exact) mass is 339 g/mol. The largest absolute Gasteiger partial charge is 0.376 e. The standard InChI is InChI=1S/C20H25N3O2/c1-3-4-12-21-20(25)16-8-10-17(11-9-16)22-14-19(24)23-18-7-5-6-15(2)13-18/h5-11,13,22H,3-4,12,14H2,1-2H3,(H,21,25)(H,23,24). The number of carbonyl (C=O) groups is 2. The van der Waals surface area contributed by atoms with Gasteiger partial charge in [-0.25, -0.2) is 0 Å². The fourth-order valence-electron chi connectivity index (χ4n) is 2.33. The van der Waals surface area contributed by atoms with Crippen molar-refractivity contribution in [2.24, 2.45) is 0 Å². The molecule has 0 spiro atoms. The van der Waals surface area contributed by atoms with E-state index in [9.17, 15) is 9.59 Å². The maximum absolute atomic E-state index is 12.0. The molecule has 0 fully saturated rings. The number of nitrogens with one attached hydrogen (secondary N) is 3. The summed E-state index contributed by atoms with van der Waals surface area (Å²) in [6, 6.07) is 14.8. The second kappa shape index (κ2) is 9.47. The lowest BCUT2D eigenvalue weighted by Gasteiger charge is -2.09. The van der Waals surface area contributed by atoms with Crippen LogP contribution in [-0.4, -0.2) is 24.9 Å². The predicted molar refractivity (Wildman–Crippen MR) is 102 cm³/mol. The van der Waals surface area contributed by atoms with Gasteiger partial charge in [0.25, 0.3) is 5.91 Å². The highest BCUT2D eigenvalue weighted by molar-refractivity contribution is 5.95. The highest BCUT2D eigenvalue weighted by Gasteiger charge is 2.06. The first-order chi connectivity index (χ1) is 12.1. The average Bonchev–Trinajstić information content (AvgIpc) is 2.60. The molecular weight excluding hydrogens is 314 g/mol. The lowest BCUT2D eigenvalue weighted by Crippen LogP contribution is -2.24. The molecule has 132 valence electrons. The lowest BCUT2D eigenvalue weighted by atomic mass is 10.2. The molecule has 5 heteroatoms. The maximum Gasteiger partial charge on any atom is 0.251 e. The van der Waals surface area contributed by atoms with E-state index in [1.165, 1.54) is 0 Å². The number of hydrogen-bond donors (Lipinski definition) is 3. The molecular formula is C20H25N3O2. The molecule has 2 amide bonds. The van der Waals surface area contributed by atoms with Crippen molar-refractivity contribution in [3.05, 3.63) is 59.7 Å². The van der Waals surface area contributed by atoms with Gasteiger partial charge in [0, 0.05) is 23.5 Å². The summed E-state index contributed by atoms with van der Waals surface area (Å²) in [7, 11) is 0. The van der Waals surface area contributed by atoms with Gasteiger partial charge >= 0.3 is 0 Å². The van der Waals surface area contributed by atoms with E-state index in [0.29, 0.717) is 12.1 Å². The topological polar surface area (TPSA) is 70.2 Å². The molecule has 25 heavy (non-hydrogen) atoms. The fraction of sp³-hybridized carbons (Fsp3) is 0.300. The van der Waals surface area contributed by atoms with Crippen molar-refractivity contribution in [2.45, 2.75) is 26.7 Å². The summed E-state index contributed by atoms with van der Waals surface area (Å²) in [6.07, 6.45) is 2.02. The Hall–Kier alpha value is -2.82. The minimum Gasteiger partial charge on any atom is -0.376 e. The Kier molecular flexibility index (Phi) is 7.01. The van der Waals surface area contributed by atoms with Gasteiger partial charge < -0.3 is 16.0 Å². The highest BCUT2D eigenvalue weighted by atomic mass is 16.2. The SMILES string of the molecule is CCCCNC(=O)c1ccc(NCC(=O)Nc2cccc(C)c2)cc1. The summed E-state index contributed by atoms with van der Waals surface area (Å²) < 4.78 is 0. The van der Waals surface area contributed by atoms with Crippen LogP contribution < -0.4 is 16.0 Å². The third kappa shape index (κ3) is 6.30. The first-order valence-corrected chi connectivity index (χ1v) is 8.57. The number of anilines is 2. The molecule has 0 atom stereocenters. The Bertz CT molecular complexity index is 711. The molecule has 0 aliphatic carbocycles. The molecule has 0 aliphatic heterocycles. The highest BCUT2D eigenvalue weighted by Crippen LogP contribution is 2.11. The second-order valence-electron chi connectivity index (χ2n) is 5.96. The Morgan fingerprint density at radius 2 is 1.76 bits per heavy atom. The van der Waals surface area contributed by atoms with E-state index in [0.717, 1.165) is 29.8 Å². The molecule has 2 rings (SSSR count). The number of carbonyl (C=O) groups excluding carboxylic acids is 2. The van der Waals surface area contributed by atoms with Gasteiger partial charge in [0.15, 0.2) is 0 Å². The number of aryl methyl sites for hydroxylation is 1.